The Bertz CT molecular complexity index is 1380. The second kappa shape index (κ2) is 11.0. The molecule has 2 aromatic heterocycles. The molecule has 1 amide bonds. The van der Waals surface area contributed by atoms with Gasteiger partial charge in [0.05, 0.1) is 12.3 Å². The van der Waals surface area contributed by atoms with Crippen LogP contribution in [-0.4, -0.2) is 52.6 Å². The van der Waals surface area contributed by atoms with Gasteiger partial charge in [-0.25, -0.2) is 0 Å². The summed E-state index contributed by atoms with van der Waals surface area (Å²) < 4.78 is 11.1. The standard InChI is InChI=1S/C31H36N4O3/c1-34(20-25-14-16-38-33-25)18-22-8-11-26(12-9-22)37-21-23-5-4-15-35(19-23)31(36)24-10-13-30-28(17-24)27-6-2-3-7-29(27)32-30/h8-14,16-17,23,32H,2-7,15,18-21H2,1H3/t23-/m1/s1. The van der Waals surface area contributed by atoms with Crippen LogP contribution in [0.3, 0.4) is 0 Å². The Hall–Kier alpha value is -3.58. The third-order valence-electron chi connectivity index (χ3n) is 7.94. The van der Waals surface area contributed by atoms with Crippen LogP contribution in [0.4, 0.5) is 0 Å². The Morgan fingerprint density at radius 2 is 1.97 bits per heavy atom. The number of amides is 1. The van der Waals surface area contributed by atoms with Crippen molar-refractivity contribution in [2.24, 2.45) is 5.92 Å². The Morgan fingerprint density at radius 3 is 2.82 bits per heavy atom. The lowest BCUT2D eigenvalue weighted by atomic mass is 9.94. The van der Waals surface area contributed by atoms with E-state index >= 15 is 0 Å². The van der Waals surface area contributed by atoms with Gasteiger partial charge in [0.15, 0.2) is 0 Å². The number of nitrogens with one attached hydrogen (secondary N) is 1. The number of hydrogen-bond donors (Lipinski definition) is 1. The molecule has 198 valence electrons. The molecular weight excluding hydrogens is 476 g/mol. The fourth-order valence-corrected chi connectivity index (χ4v) is 5.98. The van der Waals surface area contributed by atoms with Gasteiger partial charge in [-0.05, 0) is 87.0 Å². The van der Waals surface area contributed by atoms with Crippen LogP contribution < -0.4 is 4.74 Å². The number of carbonyl (C=O) groups excluding carboxylic acids is 1. The molecule has 6 rings (SSSR count). The minimum Gasteiger partial charge on any atom is -0.493 e. The first-order chi connectivity index (χ1) is 18.6. The first-order valence-electron chi connectivity index (χ1n) is 13.8. The molecule has 1 saturated heterocycles. The second-order valence-corrected chi connectivity index (χ2v) is 10.9. The largest absolute Gasteiger partial charge is 0.493 e. The van der Waals surface area contributed by atoms with Crippen LogP contribution in [0.25, 0.3) is 10.9 Å². The summed E-state index contributed by atoms with van der Waals surface area (Å²) in [5.41, 5.74) is 6.88. The summed E-state index contributed by atoms with van der Waals surface area (Å²) in [4.78, 5) is 21.2. The average Bonchev–Trinajstić information content (AvgIpc) is 3.59. The van der Waals surface area contributed by atoms with E-state index in [-0.39, 0.29) is 5.91 Å². The highest BCUT2D eigenvalue weighted by Crippen LogP contribution is 2.30. The summed E-state index contributed by atoms with van der Waals surface area (Å²) in [6.07, 6.45) is 8.40. The summed E-state index contributed by atoms with van der Waals surface area (Å²) >= 11 is 0. The van der Waals surface area contributed by atoms with Crippen molar-refractivity contribution in [2.75, 3.05) is 26.7 Å². The van der Waals surface area contributed by atoms with Gasteiger partial charge in [0.25, 0.3) is 5.91 Å². The topological polar surface area (TPSA) is 74.6 Å². The molecule has 2 aromatic carbocycles. The summed E-state index contributed by atoms with van der Waals surface area (Å²) in [7, 11) is 2.07. The van der Waals surface area contributed by atoms with Crippen molar-refractivity contribution in [1.29, 1.82) is 0 Å². The lowest BCUT2D eigenvalue weighted by Gasteiger charge is -2.32. The number of piperidine rings is 1. The maximum atomic E-state index is 13.4. The molecule has 1 aliphatic carbocycles. The van der Waals surface area contributed by atoms with Crippen LogP contribution in [-0.2, 0) is 25.9 Å². The fraction of sp³-hybridized carbons (Fsp3) is 0.419. The van der Waals surface area contributed by atoms with Crippen molar-refractivity contribution in [3.8, 4) is 5.75 Å². The predicted molar refractivity (Wildman–Crippen MR) is 147 cm³/mol. The molecule has 7 heteroatoms. The van der Waals surface area contributed by atoms with Gasteiger partial charge < -0.3 is 19.1 Å². The van der Waals surface area contributed by atoms with Crippen LogP contribution in [0, 0.1) is 5.92 Å². The first kappa shape index (κ1) is 24.7. The molecule has 0 unspecified atom stereocenters. The number of ether oxygens (including phenoxy) is 1. The molecular formula is C31H36N4O3. The molecule has 1 N–H and O–H groups in total. The first-order valence-corrected chi connectivity index (χ1v) is 13.8. The monoisotopic (exact) mass is 512 g/mol. The molecule has 7 nitrogen and oxygen atoms in total. The lowest BCUT2D eigenvalue weighted by molar-refractivity contribution is 0.0633. The molecule has 0 radical (unpaired) electrons. The Labute approximate surface area is 223 Å². The smallest absolute Gasteiger partial charge is 0.253 e. The zero-order valence-electron chi connectivity index (χ0n) is 22.1. The Kier molecular flexibility index (Phi) is 7.18. The van der Waals surface area contributed by atoms with Crippen molar-refractivity contribution >= 4 is 16.8 Å². The number of aromatic amines is 1. The van der Waals surface area contributed by atoms with Crippen molar-refractivity contribution in [3.05, 3.63) is 82.9 Å². The number of aromatic nitrogens is 2. The molecule has 1 fully saturated rings. The van der Waals surface area contributed by atoms with Gasteiger partial charge in [-0.1, -0.05) is 17.3 Å². The van der Waals surface area contributed by atoms with Gasteiger partial charge in [-0.2, -0.15) is 0 Å². The minimum absolute atomic E-state index is 0.140. The summed E-state index contributed by atoms with van der Waals surface area (Å²) in [5, 5.41) is 5.21. The number of carbonyl (C=O) groups is 1. The van der Waals surface area contributed by atoms with E-state index in [0.29, 0.717) is 12.5 Å². The molecule has 1 atom stereocenters. The number of likely N-dealkylation sites (tertiary alicyclic amines) is 1. The van der Waals surface area contributed by atoms with Crippen LogP contribution in [0.1, 0.15) is 58.6 Å². The highest BCUT2D eigenvalue weighted by atomic mass is 16.5. The minimum atomic E-state index is 0.140. The quantitative estimate of drug-likeness (QED) is 0.333. The molecule has 3 heterocycles. The van der Waals surface area contributed by atoms with Gasteiger partial charge in [-0.15, -0.1) is 0 Å². The van der Waals surface area contributed by atoms with Crippen molar-refractivity contribution in [1.82, 2.24) is 19.9 Å². The maximum absolute atomic E-state index is 13.4. The number of rotatable bonds is 8. The summed E-state index contributed by atoms with van der Waals surface area (Å²) in [6, 6.07) is 16.4. The average molecular weight is 513 g/mol. The number of aryl methyl sites for hydroxylation is 2. The van der Waals surface area contributed by atoms with Gasteiger partial charge >= 0.3 is 0 Å². The third kappa shape index (κ3) is 5.48. The van der Waals surface area contributed by atoms with Crippen molar-refractivity contribution in [3.63, 3.8) is 0 Å². The zero-order chi connectivity index (χ0) is 25.9. The van der Waals surface area contributed by atoms with E-state index < -0.39 is 0 Å². The summed E-state index contributed by atoms with van der Waals surface area (Å²) in [6.45, 7) is 3.75. The molecule has 2 aliphatic rings. The number of hydrogen-bond acceptors (Lipinski definition) is 5. The van der Waals surface area contributed by atoms with E-state index in [4.69, 9.17) is 9.26 Å². The summed E-state index contributed by atoms with van der Waals surface area (Å²) in [5.74, 6) is 1.35. The van der Waals surface area contributed by atoms with Crippen LogP contribution in [0.15, 0.2) is 59.3 Å². The van der Waals surface area contributed by atoms with Gasteiger partial charge in [0.2, 0.25) is 0 Å². The fourth-order valence-electron chi connectivity index (χ4n) is 5.98. The Balaban J connectivity index is 1.03. The normalized spacial score (nSPS) is 17.6. The predicted octanol–water partition coefficient (Wildman–Crippen LogP) is 5.60. The van der Waals surface area contributed by atoms with Crippen LogP contribution in [0.5, 0.6) is 5.75 Å². The molecule has 38 heavy (non-hydrogen) atoms. The molecule has 0 bridgehead atoms. The highest BCUT2D eigenvalue weighted by molar-refractivity contribution is 5.99. The molecule has 0 spiro atoms. The van der Waals surface area contributed by atoms with Crippen LogP contribution >= 0.6 is 0 Å². The van der Waals surface area contributed by atoms with Crippen LogP contribution in [0.2, 0.25) is 0 Å². The zero-order valence-corrected chi connectivity index (χ0v) is 22.1. The van der Waals surface area contributed by atoms with E-state index in [1.807, 2.05) is 29.2 Å². The number of H-pyrrole nitrogens is 1. The maximum Gasteiger partial charge on any atom is 0.253 e. The number of benzene rings is 2. The molecule has 1 aliphatic heterocycles. The third-order valence-corrected chi connectivity index (χ3v) is 7.94. The number of nitrogens with zero attached hydrogens (tertiary/aromatic N) is 3. The molecule has 4 aromatic rings. The number of fused-ring (bicyclic) bond motifs is 3. The van der Waals surface area contributed by atoms with Crippen molar-refractivity contribution in [2.45, 2.75) is 51.6 Å². The van der Waals surface area contributed by atoms with E-state index in [1.165, 1.54) is 35.0 Å². The molecule has 0 saturated carbocycles. The second-order valence-electron chi connectivity index (χ2n) is 10.9. The van der Waals surface area contributed by atoms with Gasteiger partial charge in [-0.3, -0.25) is 9.69 Å². The van der Waals surface area contributed by atoms with E-state index in [9.17, 15) is 4.79 Å². The van der Waals surface area contributed by atoms with E-state index in [0.717, 1.165) is 74.4 Å². The van der Waals surface area contributed by atoms with E-state index in [2.05, 4.69) is 46.4 Å². The van der Waals surface area contributed by atoms with Gasteiger partial charge in [0.1, 0.15) is 12.0 Å². The highest BCUT2D eigenvalue weighted by Gasteiger charge is 2.26. The Morgan fingerprint density at radius 1 is 1.11 bits per heavy atom. The lowest BCUT2D eigenvalue weighted by Crippen LogP contribution is -2.41. The van der Waals surface area contributed by atoms with Gasteiger partial charge in [0, 0.05) is 60.3 Å². The van der Waals surface area contributed by atoms with E-state index in [1.54, 1.807) is 6.26 Å². The van der Waals surface area contributed by atoms with Crippen molar-refractivity contribution < 1.29 is 14.1 Å². The SMILES string of the molecule is CN(Cc1ccc(OC[C@@H]2CCCN(C(=O)c3ccc4[nH]c5c(c4c3)CCCC5)C2)cc1)Cc1ccon1.